The van der Waals surface area contributed by atoms with E-state index in [-0.39, 0.29) is 0 Å². The van der Waals surface area contributed by atoms with Crippen LogP contribution < -0.4 is 10.6 Å². The third-order valence-electron chi connectivity index (χ3n) is 2.68. The van der Waals surface area contributed by atoms with Crippen LogP contribution in [0.5, 0.6) is 0 Å². The van der Waals surface area contributed by atoms with E-state index in [0.29, 0.717) is 12.2 Å². The van der Waals surface area contributed by atoms with E-state index in [9.17, 15) is 4.79 Å². The van der Waals surface area contributed by atoms with Crippen molar-refractivity contribution in [2.45, 2.75) is 6.54 Å². The van der Waals surface area contributed by atoms with Crippen LogP contribution in [0.25, 0.3) is 0 Å². The summed E-state index contributed by atoms with van der Waals surface area (Å²) in [5.41, 5.74) is 2.72. The van der Waals surface area contributed by atoms with Gasteiger partial charge < -0.3 is 15.7 Å². The number of nitrogens with one attached hydrogen (secondary N) is 2. The summed E-state index contributed by atoms with van der Waals surface area (Å²) in [5, 5.41) is 14.6. The minimum Gasteiger partial charge on any atom is -0.387 e. The molecule has 0 radical (unpaired) electrons. The Hall–Kier alpha value is -1.85. The number of aliphatic hydroxyl groups is 1. The van der Waals surface area contributed by atoms with Crippen LogP contribution in [0.15, 0.2) is 53.0 Å². The number of carbonyl (C=O) groups excluding carboxylic acids is 1. The maximum Gasteiger partial charge on any atom is 0.250 e. The molecule has 0 aliphatic heterocycles. The first-order chi connectivity index (χ1) is 9.67. The molecule has 0 heterocycles. The fraction of sp³-hybridized carbons (Fsp3) is 0.133. The molecule has 1 amide bonds. The van der Waals surface area contributed by atoms with Crippen molar-refractivity contribution in [1.82, 2.24) is 0 Å². The van der Waals surface area contributed by atoms with Crippen LogP contribution in [0.1, 0.15) is 5.56 Å². The largest absolute Gasteiger partial charge is 0.387 e. The third-order valence-corrected chi connectivity index (χ3v) is 3.17. The summed E-state index contributed by atoms with van der Waals surface area (Å²) in [6.45, 7) is 0.173. The predicted octanol–water partition coefficient (Wildman–Crippen LogP) is 2.99. The molecule has 0 unspecified atom stereocenters. The number of hydrogen-bond donors (Lipinski definition) is 3. The summed E-state index contributed by atoms with van der Waals surface area (Å²) < 4.78 is 1.04. The Morgan fingerprint density at radius 2 is 1.85 bits per heavy atom. The molecule has 0 saturated heterocycles. The van der Waals surface area contributed by atoms with Crippen molar-refractivity contribution in [2.24, 2.45) is 0 Å². The zero-order valence-corrected chi connectivity index (χ0v) is 12.4. The maximum absolute atomic E-state index is 11.1. The average Bonchev–Trinajstić information content (AvgIpc) is 2.45. The number of rotatable bonds is 5. The lowest BCUT2D eigenvalue weighted by Crippen LogP contribution is -2.15. The first-order valence-corrected chi connectivity index (χ1v) is 6.96. The molecular formula is C15H15BrN2O2. The molecule has 0 aliphatic carbocycles. The molecule has 4 nitrogen and oxygen atoms in total. The molecule has 3 N–H and O–H groups in total. The van der Waals surface area contributed by atoms with Gasteiger partial charge in [0, 0.05) is 22.4 Å². The van der Waals surface area contributed by atoms with E-state index in [1.807, 2.05) is 42.5 Å². The fourth-order valence-corrected chi connectivity index (χ4v) is 2.21. The van der Waals surface area contributed by atoms with Crippen molar-refractivity contribution >= 4 is 33.2 Å². The minimum atomic E-state index is -0.518. The molecule has 0 saturated carbocycles. The second-order valence-corrected chi connectivity index (χ2v) is 5.19. The van der Waals surface area contributed by atoms with Crippen LogP contribution in [0.3, 0.4) is 0 Å². The molecule has 0 aromatic heterocycles. The maximum atomic E-state index is 11.1. The Morgan fingerprint density at radius 1 is 1.10 bits per heavy atom. The first kappa shape index (κ1) is 14.6. The van der Waals surface area contributed by atoms with E-state index < -0.39 is 12.5 Å². The van der Waals surface area contributed by atoms with Gasteiger partial charge in [-0.3, -0.25) is 4.79 Å². The lowest BCUT2D eigenvalue weighted by atomic mass is 10.2. The van der Waals surface area contributed by atoms with E-state index in [1.54, 1.807) is 6.07 Å². The van der Waals surface area contributed by atoms with Crippen LogP contribution in [0.2, 0.25) is 0 Å². The topological polar surface area (TPSA) is 61.4 Å². The molecule has 2 rings (SSSR count). The van der Waals surface area contributed by atoms with E-state index in [2.05, 4.69) is 26.6 Å². The highest BCUT2D eigenvalue weighted by Crippen LogP contribution is 2.17. The highest BCUT2D eigenvalue weighted by Gasteiger charge is 2.01. The van der Waals surface area contributed by atoms with Gasteiger partial charge in [0.15, 0.2) is 0 Å². The van der Waals surface area contributed by atoms with E-state index in [0.717, 1.165) is 15.7 Å². The highest BCUT2D eigenvalue weighted by atomic mass is 79.9. The van der Waals surface area contributed by atoms with Gasteiger partial charge in [-0.15, -0.1) is 0 Å². The Labute approximate surface area is 126 Å². The summed E-state index contributed by atoms with van der Waals surface area (Å²) in [4.78, 5) is 11.1. The monoisotopic (exact) mass is 334 g/mol. The average molecular weight is 335 g/mol. The van der Waals surface area contributed by atoms with Crippen LogP contribution in [-0.4, -0.2) is 17.6 Å². The minimum absolute atomic E-state index is 0.422. The fourth-order valence-electron chi connectivity index (χ4n) is 1.76. The van der Waals surface area contributed by atoms with Gasteiger partial charge in [0.1, 0.15) is 6.61 Å². The molecule has 0 atom stereocenters. The lowest BCUT2D eigenvalue weighted by molar-refractivity contribution is -0.118. The molecule has 2 aromatic carbocycles. The molecule has 5 heteroatoms. The lowest BCUT2D eigenvalue weighted by Gasteiger charge is -2.09. The summed E-state index contributed by atoms with van der Waals surface area (Å²) >= 11 is 3.44. The number of amides is 1. The van der Waals surface area contributed by atoms with Gasteiger partial charge in [-0.05, 0) is 35.9 Å². The second kappa shape index (κ2) is 7.07. The zero-order chi connectivity index (χ0) is 14.4. The molecule has 104 valence electrons. The molecular weight excluding hydrogens is 320 g/mol. The first-order valence-electron chi connectivity index (χ1n) is 6.16. The second-order valence-electron chi connectivity index (χ2n) is 4.27. The smallest absolute Gasteiger partial charge is 0.250 e. The number of carbonyl (C=O) groups is 1. The van der Waals surface area contributed by atoms with Gasteiger partial charge in [-0.25, -0.2) is 0 Å². The molecule has 0 spiro atoms. The Bertz CT molecular complexity index is 602. The number of hydrogen-bond acceptors (Lipinski definition) is 3. The standard InChI is InChI=1S/C15H15BrN2O2/c16-12-4-1-3-11(7-12)9-17-13-5-2-6-14(8-13)18-15(20)10-19/h1-8,17,19H,9-10H2,(H,18,20). The number of benzene rings is 2. The van der Waals surface area contributed by atoms with Gasteiger partial charge in [0.2, 0.25) is 5.91 Å². The van der Waals surface area contributed by atoms with Gasteiger partial charge in [0.25, 0.3) is 0 Å². The predicted molar refractivity (Wildman–Crippen MR) is 83.6 cm³/mol. The number of aliphatic hydroxyl groups excluding tert-OH is 1. The van der Waals surface area contributed by atoms with Gasteiger partial charge in [-0.2, -0.15) is 0 Å². The quantitative estimate of drug-likeness (QED) is 0.787. The van der Waals surface area contributed by atoms with Crippen LogP contribution in [-0.2, 0) is 11.3 Å². The highest BCUT2D eigenvalue weighted by molar-refractivity contribution is 9.10. The van der Waals surface area contributed by atoms with Gasteiger partial charge >= 0.3 is 0 Å². The molecule has 20 heavy (non-hydrogen) atoms. The zero-order valence-electron chi connectivity index (χ0n) is 10.8. The van der Waals surface area contributed by atoms with Crippen LogP contribution in [0, 0.1) is 0 Å². The Balaban J connectivity index is 1.99. The van der Waals surface area contributed by atoms with Crippen molar-refractivity contribution in [3.8, 4) is 0 Å². The van der Waals surface area contributed by atoms with Crippen molar-refractivity contribution in [3.63, 3.8) is 0 Å². The SMILES string of the molecule is O=C(CO)Nc1cccc(NCc2cccc(Br)c2)c1. The number of anilines is 2. The summed E-state index contributed by atoms with van der Waals surface area (Å²) in [6.07, 6.45) is 0. The van der Waals surface area contributed by atoms with E-state index in [1.165, 1.54) is 0 Å². The molecule has 2 aromatic rings. The Morgan fingerprint density at radius 3 is 2.60 bits per heavy atom. The summed E-state index contributed by atoms with van der Waals surface area (Å²) in [7, 11) is 0. The molecule has 0 aliphatic rings. The van der Waals surface area contributed by atoms with Crippen molar-refractivity contribution in [3.05, 3.63) is 58.6 Å². The molecule has 0 bridgehead atoms. The van der Waals surface area contributed by atoms with E-state index in [4.69, 9.17) is 5.11 Å². The van der Waals surface area contributed by atoms with E-state index >= 15 is 0 Å². The van der Waals surface area contributed by atoms with Crippen molar-refractivity contribution in [1.29, 1.82) is 0 Å². The van der Waals surface area contributed by atoms with Crippen molar-refractivity contribution < 1.29 is 9.90 Å². The summed E-state index contributed by atoms with van der Waals surface area (Å²) in [5.74, 6) is -0.422. The Kier molecular flexibility index (Phi) is 5.15. The normalized spacial score (nSPS) is 10.1. The summed E-state index contributed by atoms with van der Waals surface area (Å²) in [6, 6.07) is 15.4. The van der Waals surface area contributed by atoms with Crippen LogP contribution >= 0.6 is 15.9 Å². The van der Waals surface area contributed by atoms with Crippen LogP contribution in [0.4, 0.5) is 11.4 Å². The van der Waals surface area contributed by atoms with Crippen molar-refractivity contribution in [2.75, 3.05) is 17.2 Å². The van der Waals surface area contributed by atoms with Gasteiger partial charge in [0.05, 0.1) is 0 Å². The van der Waals surface area contributed by atoms with Gasteiger partial charge in [-0.1, -0.05) is 34.1 Å². The third kappa shape index (κ3) is 4.36. The number of halogens is 1. The molecule has 0 fully saturated rings.